The summed E-state index contributed by atoms with van der Waals surface area (Å²) in [7, 11) is 0. The molecule has 7 nitrogen and oxygen atoms in total. The van der Waals surface area contributed by atoms with Crippen molar-refractivity contribution in [2.24, 2.45) is 0 Å². The van der Waals surface area contributed by atoms with E-state index in [9.17, 15) is 14.7 Å². The van der Waals surface area contributed by atoms with Crippen molar-refractivity contribution < 1.29 is 24.2 Å². The van der Waals surface area contributed by atoms with Crippen LogP contribution in [0, 0.1) is 0 Å². The number of aliphatic hydroxyl groups excluding tert-OH is 1. The second-order valence-corrected chi connectivity index (χ2v) is 8.73. The second-order valence-electron chi connectivity index (χ2n) is 8.73. The lowest BCUT2D eigenvalue weighted by atomic mass is 9.95. The smallest absolute Gasteiger partial charge is 0.295 e. The average molecular weight is 507 g/mol. The highest BCUT2D eigenvalue weighted by atomic mass is 16.5. The predicted octanol–water partition coefficient (Wildman–Crippen LogP) is 5.89. The zero-order valence-corrected chi connectivity index (χ0v) is 20.8. The Morgan fingerprint density at radius 1 is 0.868 bits per heavy atom. The number of aromatic nitrogens is 1. The van der Waals surface area contributed by atoms with Crippen LogP contribution in [-0.4, -0.2) is 33.3 Å². The Balaban J connectivity index is 1.61. The Labute approximate surface area is 220 Å². The van der Waals surface area contributed by atoms with Crippen LogP contribution in [-0.2, 0) is 16.1 Å². The maximum absolute atomic E-state index is 13.4. The molecule has 0 saturated carbocycles. The zero-order valence-electron chi connectivity index (χ0n) is 20.8. The van der Waals surface area contributed by atoms with Gasteiger partial charge < -0.3 is 19.5 Å². The van der Waals surface area contributed by atoms with Crippen LogP contribution in [0.4, 0.5) is 0 Å². The van der Waals surface area contributed by atoms with Gasteiger partial charge in [0.2, 0.25) is 0 Å². The van der Waals surface area contributed by atoms with Gasteiger partial charge >= 0.3 is 0 Å². The molecule has 2 heterocycles. The van der Waals surface area contributed by atoms with Crippen LogP contribution >= 0.6 is 0 Å². The molecule has 38 heavy (non-hydrogen) atoms. The first kappa shape index (κ1) is 24.8. The predicted molar refractivity (Wildman–Crippen MR) is 143 cm³/mol. The van der Waals surface area contributed by atoms with Crippen molar-refractivity contribution >= 4 is 17.4 Å². The quantitative estimate of drug-likeness (QED) is 0.182. The summed E-state index contributed by atoms with van der Waals surface area (Å²) < 4.78 is 11.6. The number of ether oxygens (including phenoxy) is 2. The number of hydrogen-bond donors (Lipinski definition) is 1. The van der Waals surface area contributed by atoms with Crippen LogP contribution in [0.2, 0.25) is 0 Å². The molecule has 1 aromatic heterocycles. The third-order valence-electron chi connectivity index (χ3n) is 6.21. The summed E-state index contributed by atoms with van der Waals surface area (Å²) in [5, 5.41) is 11.4. The highest BCUT2D eigenvalue weighted by molar-refractivity contribution is 6.46. The number of nitrogens with zero attached hydrogens (tertiary/aromatic N) is 2. The maximum atomic E-state index is 13.4. The van der Waals surface area contributed by atoms with Gasteiger partial charge in [0.15, 0.2) is 0 Å². The first-order valence-electron chi connectivity index (χ1n) is 12.3. The number of amides is 1. The summed E-state index contributed by atoms with van der Waals surface area (Å²) in [6.45, 7) is 2.48. The molecule has 0 spiro atoms. The van der Waals surface area contributed by atoms with E-state index in [4.69, 9.17) is 9.47 Å². The van der Waals surface area contributed by atoms with Crippen molar-refractivity contribution in [3.8, 4) is 17.2 Å². The number of para-hydroxylation sites is 1. The van der Waals surface area contributed by atoms with Gasteiger partial charge in [0, 0.05) is 24.5 Å². The van der Waals surface area contributed by atoms with E-state index in [1.165, 1.54) is 4.90 Å². The highest BCUT2D eigenvalue weighted by Crippen LogP contribution is 2.41. The van der Waals surface area contributed by atoms with Gasteiger partial charge in [-0.1, -0.05) is 42.5 Å². The molecule has 1 amide bonds. The lowest BCUT2D eigenvalue weighted by Gasteiger charge is -2.26. The van der Waals surface area contributed by atoms with Crippen molar-refractivity contribution in [1.29, 1.82) is 0 Å². The fourth-order valence-electron chi connectivity index (χ4n) is 4.50. The van der Waals surface area contributed by atoms with Crippen molar-refractivity contribution in [1.82, 2.24) is 9.88 Å². The molecule has 0 bridgehead atoms. The molecule has 5 rings (SSSR count). The summed E-state index contributed by atoms with van der Waals surface area (Å²) in [5.74, 6) is 0.0464. The molecule has 1 N–H and O–H groups in total. The van der Waals surface area contributed by atoms with Crippen LogP contribution in [0.25, 0.3) is 5.76 Å². The van der Waals surface area contributed by atoms with Gasteiger partial charge in [-0.3, -0.25) is 14.6 Å². The fraction of sp³-hybridized carbons (Fsp3) is 0.129. The van der Waals surface area contributed by atoms with E-state index >= 15 is 0 Å². The number of benzene rings is 3. The van der Waals surface area contributed by atoms with E-state index in [-0.39, 0.29) is 17.9 Å². The standard InChI is InChI=1S/C31H26N2O5/c1-2-37-25-12-7-9-23(19-25)29(34)27-28(33(31(36)30(27)35)20-21-14-16-32-17-15-21)22-8-6-13-26(18-22)38-24-10-4-3-5-11-24/h3-19,28,34H,2,20H2,1H3/b29-27+. The zero-order chi connectivity index (χ0) is 26.5. The van der Waals surface area contributed by atoms with E-state index in [0.29, 0.717) is 35.0 Å². The molecule has 1 fully saturated rings. The van der Waals surface area contributed by atoms with Crippen LogP contribution in [0.5, 0.6) is 17.2 Å². The van der Waals surface area contributed by atoms with Crippen molar-refractivity contribution in [3.63, 3.8) is 0 Å². The van der Waals surface area contributed by atoms with E-state index in [1.54, 1.807) is 67.0 Å². The summed E-state index contributed by atoms with van der Waals surface area (Å²) in [6.07, 6.45) is 3.27. The number of carbonyl (C=O) groups excluding carboxylic acids is 2. The van der Waals surface area contributed by atoms with Gasteiger partial charge in [0.05, 0.1) is 18.2 Å². The molecule has 1 unspecified atom stereocenters. The average Bonchev–Trinajstić information content (AvgIpc) is 3.19. The van der Waals surface area contributed by atoms with Gasteiger partial charge in [-0.15, -0.1) is 0 Å². The topological polar surface area (TPSA) is 89.0 Å². The largest absolute Gasteiger partial charge is 0.507 e. The summed E-state index contributed by atoms with van der Waals surface area (Å²) >= 11 is 0. The Morgan fingerprint density at radius 2 is 1.58 bits per heavy atom. The number of carbonyl (C=O) groups is 2. The van der Waals surface area contributed by atoms with Crippen molar-refractivity contribution in [2.45, 2.75) is 19.5 Å². The minimum absolute atomic E-state index is 0.00886. The number of ketones is 1. The number of aliphatic hydroxyl groups is 1. The summed E-state index contributed by atoms with van der Waals surface area (Å²) in [4.78, 5) is 32.3. The molecule has 1 aliphatic heterocycles. The van der Waals surface area contributed by atoms with E-state index in [2.05, 4.69) is 4.98 Å². The third kappa shape index (κ3) is 5.13. The van der Waals surface area contributed by atoms with E-state index < -0.39 is 17.7 Å². The third-order valence-corrected chi connectivity index (χ3v) is 6.21. The van der Waals surface area contributed by atoms with Crippen LogP contribution < -0.4 is 9.47 Å². The molecule has 0 radical (unpaired) electrons. The minimum atomic E-state index is -0.835. The number of Topliss-reactive ketones (excluding diaryl/α,β-unsaturated/α-hetero) is 1. The molecule has 7 heteroatoms. The number of likely N-dealkylation sites (tertiary alicyclic amines) is 1. The molecule has 3 aromatic carbocycles. The number of hydrogen-bond acceptors (Lipinski definition) is 6. The number of rotatable bonds is 8. The van der Waals surface area contributed by atoms with E-state index in [1.807, 2.05) is 43.3 Å². The van der Waals surface area contributed by atoms with Crippen LogP contribution in [0.3, 0.4) is 0 Å². The Morgan fingerprint density at radius 3 is 2.34 bits per heavy atom. The Kier molecular flexibility index (Phi) is 7.17. The molecule has 1 saturated heterocycles. The minimum Gasteiger partial charge on any atom is -0.507 e. The van der Waals surface area contributed by atoms with Crippen molar-refractivity contribution in [2.75, 3.05) is 6.61 Å². The molecule has 4 aromatic rings. The molecular weight excluding hydrogens is 480 g/mol. The Hall–Kier alpha value is -4.91. The SMILES string of the molecule is CCOc1cccc(/C(O)=C2\C(=O)C(=O)N(Cc3ccncc3)C2c2cccc(Oc3ccccc3)c2)c1. The van der Waals surface area contributed by atoms with Gasteiger partial charge in [-0.05, 0) is 66.6 Å². The van der Waals surface area contributed by atoms with Crippen LogP contribution in [0.1, 0.15) is 29.7 Å². The van der Waals surface area contributed by atoms with Crippen LogP contribution in [0.15, 0.2) is 109 Å². The van der Waals surface area contributed by atoms with Gasteiger partial charge in [0.1, 0.15) is 23.0 Å². The molecule has 0 aliphatic carbocycles. The normalized spacial score (nSPS) is 16.4. The Bertz CT molecular complexity index is 1480. The molecule has 1 atom stereocenters. The molecule has 1 aliphatic rings. The van der Waals surface area contributed by atoms with Gasteiger partial charge in [-0.25, -0.2) is 0 Å². The first-order chi connectivity index (χ1) is 18.5. The van der Waals surface area contributed by atoms with Gasteiger partial charge in [0.25, 0.3) is 11.7 Å². The number of pyridine rings is 1. The molecule has 190 valence electrons. The highest BCUT2D eigenvalue weighted by Gasteiger charge is 2.46. The monoisotopic (exact) mass is 506 g/mol. The first-order valence-corrected chi connectivity index (χ1v) is 12.3. The lowest BCUT2D eigenvalue weighted by molar-refractivity contribution is -0.140. The van der Waals surface area contributed by atoms with Crippen molar-refractivity contribution in [3.05, 3.63) is 126 Å². The molecular formula is C31H26N2O5. The lowest BCUT2D eigenvalue weighted by Crippen LogP contribution is -2.29. The second kappa shape index (κ2) is 11.0. The van der Waals surface area contributed by atoms with Gasteiger partial charge in [-0.2, -0.15) is 0 Å². The maximum Gasteiger partial charge on any atom is 0.295 e. The summed E-state index contributed by atoms with van der Waals surface area (Å²) in [6, 6.07) is 26.1. The van der Waals surface area contributed by atoms with E-state index in [0.717, 1.165) is 5.56 Å². The fourth-order valence-corrected chi connectivity index (χ4v) is 4.50. The summed E-state index contributed by atoms with van der Waals surface area (Å²) in [5.41, 5.74) is 1.84.